The van der Waals surface area contributed by atoms with E-state index in [1.165, 1.54) is 24.3 Å². The Labute approximate surface area is 173 Å². The predicted octanol–water partition coefficient (Wildman–Crippen LogP) is 3.67. The van der Waals surface area contributed by atoms with Gasteiger partial charge in [0.2, 0.25) is 5.91 Å². The molecule has 0 aliphatic carbocycles. The fourth-order valence-electron chi connectivity index (χ4n) is 2.81. The second-order valence-corrected chi connectivity index (χ2v) is 8.35. The average molecular weight is 430 g/mol. The number of benzene rings is 3. The van der Waals surface area contributed by atoms with Crippen molar-refractivity contribution >= 4 is 21.6 Å². The summed E-state index contributed by atoms with van der Waals surface area (Å²) in [6.45, 7) is 0.387. The van der Waals surface area contributed by atoms with Crippen molar-refractivity contribution in [3.63, 3.8) is 0 Å². The minimum absolute atomic E-state index is 0.0503. The number of hydrogen-bond acceptors (Lipinski definition) is 3. The maximum absolute atomic E-state index is 13.1. The summed E-state index contributed by atoms with van der Waals surface area (Å²) in [6, 6.07) is 17.1. The van der Waals surface area contributed by atoms with Gasteiger partial charge in [-0.1, -0.05) is 24.3 Å². The smallest absolute Gasteiger partial charge is 0.261 e. The van der Waals surface area contributed by atoms with Crippen LogP contribution in [-0.4, -0.2) is 20.9 Å². The number of nitrogens with one attached hydrogen (secondary N) is 2. The molecule has 30 heavy (non-hydrogen) atoms. The molecule has 0 spiro atoms. The first-order chi connectivity index (χ1) is 14.3. The molecule has 0 heterocycles. The Balaban J connectivity index is 1.51. The van der Waals surface area contributed by atoms with Crippen molar-refractivity contribution in [2.24, 2.45) is 0 Å². The summed E-state index contributed by atoms with van der Waals surface area (Å²) in [5.41, 5.74) is 1.84. The largest absolute Gasteiger partial charge is 0.355 e. The molecule has 0 unspecified atom stereocenters. The van der Waals surface area contributed by atoms with Crippen LogP contribution in [0.4, 0.5) is 14.5 Å². The molecule has 2 N–H and O–H groups in total. The Morgan fingerprint density at radius 2 is 1.53 bits per heavy atom. The summed E-state index contributed by atoms with van der Waals surface area (Å²) in [7, 11) is -3.83. The molecule has 0 radical (unpaired) electrons. The van der Waals surface area contributed by atoms with Crippen molar-refractivity contribution in [1.82, 2.24) is 5.32 Å². The lowest BCUT2D eigenvalue weighted by Crippen LogP contribution is -2.27. The second kappa shape index (κ2) is 9.49. The molecule has 0 saturated carbocycles. The highest BCUT2D eigenvalue weighted by molar-refractivity contribution is 7.92. The van der Waals surface area contributed by atoms with Gasteiger partial charge in [-0.15, -0.1) is 0 Å². The number of rotatable bonds is 8. The highest BCUT2D eigenvalue weighted by Gasteiger charge is 2.14. The summed E-state index contributed by atoms with van der Waals surface area (Å²) in [5, 5.41) is 2.77. The highest BCUT2D eigenvalue weighted by Crippen LogP contribution is 2.17. The number of carbonyl (C=O) groups excluding carboxylic acids is 1. The quantitative estimate of drug-likeness (QED) is 0.573. The zero-order chi connectivity index (χ0) is 21.6. The van der Waals surface area contributed by atoms with Crippen LogP contribution in [0.3, 0.4) is 0 Å². The molecule has 0 saturated heterocycles. The third kappa shape index (κ3) is 6.12. The van der Waals surface area contributed by atoms with Gasteiger partial charge in [0.25, 0.3) is 10.0 Å². The van der Waals surface area contributed by atoms with Crippen LogP contribution >= 0.6 is 0 Å². The summed E-state index contributed by atoms with van der Waals surface area (Å²) in [6.07, 6.45) is 0.655. The maximum atomic E-state index is 13.1. The van der Waals surface area contributed by atoms with E-state index in [0.717, 1.165) is 17.7 Å². The fraction of sp³-hybridized carbons (Fsp3) is 0.136. The van der Waals surface area contributed by atoms with E-state index in [9.17, 15) is 22.0 Å². The van der Waals surface area contributed by atoms with Crippen LogP contribution in [-0.2, 0) is 27.7 Å². The Kier molecular flexibility index (Phi) is 6.79. The summed E-state index contributed by atoms with van der Waals surface area (Å²) in [5.74, 6) is -1.02. The topological polar surface area (TPSA) is 75.3 Å². The molecule has 8 heteroatoms. The fourth-order valence-corrected chi connectivity index (χ4v) is 3.86. The lowest BCUT2D eigenvalue weighted by atomic mass is 10.1. The molecule has 3 rings (SSSR count). The summed E-state index contributed by atoms with van der Waals surface area (Å²) >= 11 is 0. The standard InChI is InChI=1S/C22H20F2N2O3S/c23-18-6-10-21(11-7-18)30(28,29)26-20-8-4-17(5-9-20)15-22(27)25-13-12-16-2-1-3-19(24)14-16/h1-11,14,26H,12-13,15H2,(H,25,27). The summed E-state index contributed by atoms with van der Waals surface area (Å²) < 4.78 is 53.1. The van der Waals surface area contributed by atoms with E-state index in [1.807, 2.05) is 0 Å². The molecular weight excluding hydrogens is 410 g/mol. The molecule has 5 nitrogen and oxygen atoms in total. The number of halogens is 2. The van der Waals surface area contributed by atoms with E-state index in [1.54, 1.807) is 36.4 Å². The molecule has 0 fully saturated rings. The van der Waals surface area contributed by atoms with Crippen LogP contribution in [0.2, 0.25) is 0 Å². The molecule has 0 aliphatic heterocycles. The lowest BCUT2D eigenvalue weighted by Gasteiger charge is -2.09. The molecule has 0 aliphatic rings. The van der Waals surface area contributed by atoms with Gasteiger partial charge in [0.05, 0.1) is 11.3 Å². The van der Waals surface area contributed by atoms with E-state index in [0.29, 0.717) is 24.2 Å². The van der Waals surface area contributed by atoms with Crippen molar-refractivity contribution in [1.29, 1.82) is 0 Å². The van der Waals surface area contributed by atoms with Crippen LogP contribution in [0, 0.1) is 11.6 Å². The van der Waals surface area contributed by atoms with Gasteiger partial charge in [0, 0.05) is 12.2 Å². The molecule has 0 atom stereocenters. The monoisotopic (exact) mass is 430 g/mol. The minimum Gasteiger partial charge on any atom is -0.355 e. The number of hydrogen-bond donors (Lipinski definition) is 2. The van der Waals surface area contributed by atoms with Crippen molar-refractivity contribution < 1.29 is 22.0 Å². The molecule has 0 bridgehead atoms. The van der Waals surface area contributed by atoms with Gasteiger partial charge in [-0.2, -0.15) is 0 Å². The first kappa shape index (κ1) is 21.4. The highest BCUT2D eigenvalue weighted by atomic mass is 32.2. The predicted molar refractivity (Wildman–Crippen MR) is 110 cm³/mol. The van der Waals surface area contributed by atoms with Gasteiger partial charge in [-0.05, 0) is 66.1 Å². The van der Waals surface area contributed by atoms with Gasteiger partial charge in [-0.3, -0.25) is 9.52 Å². The van der Waals surface area contributed by atoms with E-state index < -0.39 is 15.8 Å². The first-order valence-corrected chi connectivity index (χ1v) is 10.7. The first-order valence-electron chi connectivity index (χ1n) is 9.20. The van der Waals surface area contributed by atoms with E-state index >= 15 is 0 Å². The zero-order valence-corrected chi connectivity index (χ0v) is 16.8. The van der Waals surface area contributed by atoms with Crippen LogP contribution in [0.25, 0.3) is 0 Å². The number of carbonyl (C=O) groups is 1. The van der Waals surface area contributed by atoms with Crippen LogP contribution < -0.4 is 10.0 Å². The Bertz CT molecular complexity index is 1120. The van der Waals surface area contributed by atoms with Crippen molar-refractivity contribution in [3.05, 3.63) is 95.6 Å². The van der Waals surface area contributed by atoms with Gasteiger partial charge < -0.3 is 5.32 Å². The SMILES string of the molecule is O=C(Cc1ccc(NS(=O)(=O)c2ccc(F)cc2)cc1)NCCc1cccc(F)c1. The number of anilines is 1. The Morgan fingerprint density at radius 3 is 2.20 bits per heavy atom. The number of sulfonamides is 1. The van der Waals surface area contributed by atoms with E-state index in [-0.39, 0.29) is 23.0 Å². The molecule has 1 amide bonds. The van der Waals surface area contributed by atoms with Gasteiger partial charge >= 0.3 is 0 Å². The molecule has 156 valence electrons. The normalized spacial score (nSPS) is 11.1. The van der Waals surface area contributed by atoms with Crippen molar-refractivity contribution in [2.45, 2.75) is 17.7 Å². The van der Waals surface area contributed by atoms with Crippen LogP contribution in [0.1, 0.15) is 11.1 Å². The van der Waals surface area contributed by atoms with Gasteiger partial charge in [0.1, 0.15) is 11.6 Å². The van der Waals surface area contributed by atoms with Crippen LogP contribution in [0.15, 0.2) is 77.7 Å². The third-order valence-corrected chi connectivity index (χ3v) is 5.72. The molecule has 3 aromatic rings. The molecule has 3 aromatic carbocycles. The van der Waals surface area contributed by atoms with Crippen LogP contribution in [0.5, 0.6) is 0 Å². The Hall–Kier alpha value is -3.26. The van der Waals surface area contributed by atoms with Crippen molar-refractivity contribution in [2.75, 3.05) is 11.3 Å². The van der Waals surface area contributed by atoms with E-state index in [4.69, 9.17) is 0 Å². The van der Waals surface area contributed by atoms with E-state index in [2.05, 4.69) is 10.0 Å². The molecular formula is C22H20F2N2O3S. The minimum atomic E-state index is -3.83. The average Bonchev–Trinajstić information content (AvgIpc) is 2.70. The number of amides is 1. The second-order valence-electron chi connectivity index (χ2n) is 6.66. The zero-order valence-electron chi connectivity index (χ0n) is 15.9. The maximum Gasteiger partial charge on any atom is 0.261 e. The summed E-state index contributed by atoms with van der Waals surface area (Å²) in [4.78, 5) is 12.0. The third-order valence-electron chi connectivity index (χ3n) is 4.32. The Morgan fingerprint density at radius 1 is 0.833 bits per heavy atom. The van der Waals surface area contributed by atoms with Gasteiger partial charge in [0.15, 0.2) is 0 Å². The van der Waals surface area contributed by atoms with Gasteiger partial charge in [-0.25, -0.2) is 17.2 Å². The molecule has 0 aromatic heterocycles. The van der Waals surface area contributed by atoms with Crippen molar-refractivity contribution in [3.8, 4) is 0 Å². The lowest BCUT2D eigenvalue weighted by molar-refractivity contribution is -0.120.